The molecule has 0 saturated heterocycles. The predicted molar refractivity (Wildman–Crippen MR) is 98.9 cm³/mol. The standard InChI is InChI=1S/C19H17F3N2O2S/c1-10-3-5-13(11(2)7-10)23-17(25)9-16-18(26)24-14-8-12(19(20,21)22)4-6-15(14)27-16/h3-8,16H,9H2,1-2H3,(H,23,25)(H,24,26). The zero-order valence-electron chi connectivity index (χ0n) is 14.6. The minimum Gasteiger partial charge on any atom is -0.326 e. The maximum Gasteiger partial charge on any atom is 0.416 e. The van der Waals surface area contributed by atoms with E-state index in [2.05, 4.69) is 10.6 Å². The lowest BCUT2D eigenvalue weighted by Crippen LogP contribution is -2.32. The van der Waals surface area contributed by atoms with E-state index < -0.39 is 22.9 Å². The molecule has 8 heteroatoms. The number of thioether (sulfide) groups is 1. The number of amides is 2. The maximum absolute atomic E-state index is 12.8. The van der Waals surface area contributed by atoms with Crippen molar-refractivity contribution in [2.75, 3.05) is 10.6 Å². The summed E-state index contributed by atoms with van der Waals surface area (Å²) in [6.07, 6.45) is -4.56. The van der Waals surface area contributed by atoms with Gasteiger partial charge in [-0.25, -0.2) is 0 Å². The van der Waals surface area contributed by atoms with E-state index in [1.807, 2.05) is 26.0 Å². The molecule has 0 spiro atoms. The molecule has 1 aliphatic rings. The minimum absolute atomic E-state index is 0.0791. The second kappa shape index (κ2) is 7.26. The summed E-state index contributed by atoms with van der Waals surface area (Å²) in [5.41, 5.74) is 1.94. The number of fused-ring (bicyclic) bond motifs is 1. The topological polar surface area (TPSA) is 58.2 Å². The van der Waals surface area contributed by atoms with Crippen LogP contribution in [-0.4, -0.2) is 17.1 Å². The summed E-state index contributed by atoms with van der Waals surface area (Å²) in [7, 11) is 0. The summed E-state index contributed by atoms with van der Waals surface area (Å²) in [4.78, 5) is 25.0. The highest BCUT2D eigenvalue weighted by Crippen LogP contribution is 2.40. The van der Waals surface area contributed by atoms with Gasteiger partial charge >= 0.3 is 6.18 Å². The summed E-state index contributed by atoms with van der Waals surface area (Å²) in [5, 5.41) is 4.54. The Bertz CT molecular complexity index is 912. The number of hydrogen-bond acceptors (Lipinski definition) is 3. The highest BCUT2D eigenvalue weighted by atomic mass is 32.2. The van der Waals surface area contributed by atoms with Crippen molar-refractivity contribution >= 4 is 35.0 Å². The lowest BCUT2D eigenvalue weighted by molar-refractivity contribution is -0.137. The Morgan fingerprint density at radius 2 is 1.93 bits per heavy atom. The smallest absolute Gasteiger partial charge is 0.326 e. The van der Waals surface area contributed by atoms with Crippen LogP contribution in [0.5, 0.6) is 0 Å². The van der Waals surface area contributed by atoms with Crippen molar-refractivity contribution in [2.45, 2.75) is 36.6 Å². The molecule has 1 aliphatic heterocycles. The van der Waals surface area contributed by atoms with Crippen LogP contribution in [0.2, 0.25) is 0 Å². The molecule has 1 heterocycles. The van der Waals surface area contributed by atoms with Crippen molar-refractivity contribution in [3.05, 3.63) is 53.1 Å². The highest BCUT2D eigenvalue weighted by Gasteiger charge is 2.34. The van der Waals surface area contributed by atoms with E-state index in [0.29, 0.717) is 10.6 Å². The van der Waals surface area contributed by atoms with E-state index in [1.165, 1.54) is 6.07 Å². The van der Waals surface area contributed by atoms with Crippen LogP contribution in [0, 0.1) is 13.8 Å². The van der Waals surface area contributed by atoms with Crippen LogP contribution in [-0.2, 0) is 15.8 Å². The van der Waals surface area contributed by atoms with Crippen molar-refractivity contribution in [3.8, 4) is 0 Å². The molecule has 2 N–H and O–H groups in total. The van der Waals surface area contributed by atoms with Gasteiger partial charge in [-0.05, 0) is 43.7 Å². The summed E-state index contributed by atoms with van der Waals surface area (Å²) >= 11 is 1.09. The van der Waals surface area contributed by atoms with Gasteiger partial charge in [-0.2, -0.15) is 13.2 Å². The Kier molecular flexibility index (Phi) is 5.19. The summed E-state index contributed by atoms with van der Waals surface area (Å²) in [6, 6.07) is 8.80. The second-order valence-electron chi connectivity index (χ2n) is 6.38. The average molecular weight is 394 g/mol. The number of aryl methyl sites for hydroxylation is 2. The third-order valence-electron chi connectivity index (χ3n) is 4.15. The lowest BCUT2D eigenvalue weighted by atomic mass is 10.1. The third kappa shape index (κ3) is 4.44. The number of nitrogens with one attached hydrogen (secondary N) is 2. The van der Waals surface area contributed by atoms with Crippen molar-refractivity contribution in [1.29, 1.82) is 0 Å². The molecule has 2 aromatic carbocycles. The molecule has 3 rings (SSSR count). The normalized spacial score (nSPS) is 16.5. The largest absolute Gasteiger partial charge is 0.416 e. The van der Waals surface area contributed by atoms with Gasteiger partial charge in [0, 0.05) is 17.0 Å². The zero-order chi connectivity index (χ0) is 19.8. The molecular formula is C19H17F3N2O2S. The maximum atomic E-state index is 12.8. The van der Waals surface area contributed by atoms with Crippen molar-refractivity contribution < 1.29 is 22.8 Å². The number of alkyl halides is 3. The van der Waals surface area contributed by atoms with Gasteiger partial charge in [-0.3, -0.25) is 9.59 Å². The first-order valence-electron chi connectivity index (χ1n) is 8.19. The van der Waals surface area contributed by atoms with Gasteiger partial charge in [-0.1, -0.05) is 17.7 Å². The third-order valence-corrected chi connectivity index (χ3v) is 5.43. The molecule has 0 saturated carbocycles. The molecular weight excluding hydrogens is 377 g/mol. The minimum atomic E-state index is -4.48. The average Bonchev–Trinajstić information content (AvgIpc) is 2.57. The van der Waals surface area contributed by atoms with Crippen molar-refractivity contribution in [1.82, 2.24) is 0 Å². The molecule has 0 radical (unpaired) electrons. The summed E-state index contributed by atoms with van der Waals surface area (Å²) in [6.45, 7) is 3.82. The summed E-state index contributed by atoms with van der Waals surface area (Å²) < 4.78 is 38.4. The van der Waals surface area contributed by atoms with Crippen LogP contribution in [0.1, 0.15) is 23.1 Å². The molecule has 2 aromatic rings. The number of carbonyl (C=O) groups is 2. The lowest BCUT2D eigenvalue weighted by Gasteiger charge is -2.24. The molecule has 142 valence electrons. The molecule has 2 amide bonds. The van der Waals surface area contributed by atoms with E-state index in [0.717, 1.165) is 35.0 Å². The molecule has 0 aromatic heterocycles. The molecule has 0 fully saturated rings. The molecule has 0 aliphatic carbocycles. The van der Waals surface area contributed by atoms with Crippen LogP contribution < -0.4 is 10.6 Å². The van der Waals surface area contributed by atoms with E-state index in [4.69, 9.17) is 0 Å². The second-order valence-corrected chi connectivity index (χ2v) is 7.62. The Morgan fingerprint density at radius 3 is 2.59 bits per heavy atom. The molecule has 1 atom stereocenters. The Morgan fingerprint density at radius 1 is 1.19 bits per heavy atom. The van der Waals surface area contributed by atoms with Crippen molar-refractivity contribution in [2.24, 2.45) is 0 Å². The van der Waals surface area contributed by atoms with Gasteiger partial charge in [0.1, 0.15) is 0 Å². The Balaban J connectivity index is 1.70. The number of benzene rings is 2. The van der Waals surface area contributed by atoms with E-state index in [-0.39, 0.29) is 18.0 Å². The van der Waals surface area contributed by atoms with Crippen LogP contribution in [0.3, 0.4) is 0 Å². The first-order chi connectivity index (χ1) is 12.6. The molecule has 4 nitrogen and oxygen atoms in total. The van der Waals surface area contributed by atoms with E-state index in [9.17, 15) is 22.8 Å². The first kappa shape index (κ1) is 19.3. The number of rotatable bonds is 3. The van der Waals surface area contributed by atoms with Gasteiger partial charge in [0.15, 0.2) is 0 Å². The van der Waals surface area contributed by atoms with Crippen LogP contribution in [0.4, 0.5) is 24.5 Å². The van der Waals surface area contributed by atoms with E-state index in [1.54, 1.807) is 6.07 Å². The fourth-order valence-electron chi connectivity index (χ4n) is 2.78. The monoisotopic (exact) mass is 394 g/mol. The Labute approximate surface area is 158 Å². The number of hydrogen-bond donors (Lipinski definition) is 2. The summed E-state index contributed by atoms with van der Waals surface area (Å²) in [5.74, 6) is -0.812. The van der Waals surface area contributed by atoms with Crippen LogP contribution in [0.25, 0.3) is 0 Å². The molecule has 27 heavy (non-hydrogen) atoms. The van der Waals surface area contributed by atoms with Crippen molar-refractivity contribution in [3.63, 3.8) is 0 Å². The van der Waals surface area contributed by atoms with Gasteiger partial charge in [0.2, 0.25) is 11.8 Å². The Hall–Kier alpha value is -2.48. The molecule has 1 unspecified atom stereocenters. The number of anilines is 2. The van der Waals surface area contributed by atoms with Gasteiger partial charge in [-0.15, -0.1) is 11.8 Å². The van der Waals surface area contributed by atoms with Gasteiger partial charge < -0.3 is 10.6 Å². The molecule has 0 bridgehead atoms. The quantitative estimate of drug-likeness (QED) is 0.789. The van der Waals surface area contributed by atoms with Crippen LogP contribution >= 0.6 is 11.8 Å². The van der Waals surface area contributed by atoms with Gasteiger partial charge in [0.25, 0.3) is 0 Å². The van der Waals surface area contributed by atoms with Gasteiger partial charge in [0.05, 0.1) is 16.5 Å². The fourth-order valence-corrected chi connectivity index (χ4v) is 3.88. The fraction of sp³-hybridized carbons (Fsp3) is 0.263. The number of halogens is 3. The first-order valence-corrected chi connectivity index (χ1v) is 9.07. The van der Waals surface area contributed by atoms with E-state index >= 15 is 0 Å². The SMILES string of the molecule is Cc1ccc(NC(=O)CC2Sc3ccc(C(F)(F)F)cc3NC2=O)c(C)c1. The highest BCUT2D eigenvalue weighted by molar-refractivity contribution is 8.01. The van der Waals surface area contributed by atoms with Crippen LogP contribution in [0.15, 0.2) is 41.3 Å². The predicted octanol–water partition coefficient (Wildman–Crippen LogP) is 4.76. The number of carbonyl (C=O) groups excluding carboxylic acids is 2. The zero-order valence-corrected chi connectivity index (χ0v) is 15.4.